The number of nitrogens with one attached hydrogen (secondary N) is 1. The van der Waals surface area contributed by atoms with Gasteiger partial charge < -0.3 is 14.5 Å². The van der Waals surface area contributed by atoms with Crippen LogP contribution in [0.5, 0.6) is 5.75 Å². The fourth-order valence-corrected chi connectivity index (χ4v) is 4.04. The van der Waals surface area contributed by atoms with Crippen molar-refractivity contribution >= 4 is 11.7 Å². The minimum atomic E-state index is -4.77. The molecule has 154 valence electrons. The van der Waals surface area contributed by atoms with E-state index in [-0.39, 0.29) is 23.9 Å². The van der Waals surface area contributed by atoms with Gasteiger partial charge >= 0.3 is 6.36 Å². The average Bonchev–Trinajstić information content (AvgIpc) is 3.37. The van der Waals surface area contributed by atoms with Crippen molar-refractivity contribution in [3.05, 3.63) is 71.6 Å². The number of fused-ring (bicyclic) bond motifs is 1. The number of anilines is 1. The van der Waals surface area contributed by atoms with Gasteiger partial charge in [-0.2, -0.15) is 10.1 Å². The van der Waals surface area contributed by atoms with E-state index in [0.717, 1.165) is 5.76 Å². The van der Waals surface area contributed by atoms with Crippen LogP contribution in [0.15, 0.2) is 64.7 Å². The zero-order valence-corrected chi connectivity index (χ0v) is 15.4. The molecule has 5 rings (SSSR count). The van der Waals surface area contributed by atoms with Crippen LogP contribution in [-0.4, -0.2) is 26.9 Å². The molecule has 0 saturated carbocycles. The number of ether oxygens (including phenoxy) is 1. The molecule has 1 aliphatic heterocycles. The lowest BCUT2D eigenvalue weighted by Crippen LogP contribution is -2.33. The van der Waals surface area contributed by atoms with Crippen LogP contribution >= 0.6 is 0 Å². The van der Waals surface area contributed by atoms with E-state index in [1.54, 1.807) is 17.0 Å². The molecule has 0 fully saturated rings. The molecule has 0 radical (unpaired) electrons. The third kappa shape index (κ3) is 3.23. The molecule has 0 amide bonds. The molecule has 7 nitrogen and oxygen atoms in total. The van der Waals surface area contributed by atoms with E-state index in [9.17, 15) is 18.0 Å². The first-order valence-corrected chi connectivity index (χ1v) is 9.21. The first kappa shape index (κ1) is 18.5. The van der Waals surface area contributed by atoms with Gasteiger partial charge in [-0.15, -0.1) is 13.2 Å². The van der Waals surface area contributed by atoms with Gasteiger partial charge in [0.2, 0.25) is 5.95 Å². The SMILES string of the molecule is O=C1C[C@@H](c2ccco2)CC2=C1[C@H](c1ccc(OC(F)(F)F)cc1)n1ncnc1N2. The lowest BCUT2D eigenvalue weighted by Gasteiger charge is -2.34. The summed E-state index contributed by atoms with van der Waals surface area (Å²) in [5.74, 6) is 0.681. The van der Waals surface area contributed by atoms with Crippen LogP contribution in [0, 0.1) is 0 Å². The van der Waals surface area contributed by atoms with Gasteiger partial charge in [0.15, 0.2) is 5.78 Å². The Balaban J connectivity index is 1.53. The summed E-state index contributed by atoms with van der Waals surface area (Å²) in [6.07, 6.45) is -1.02. The highest BCUT2D eigenvalue weighted by atomic mass is 19.4. The van der Waals surface area contributed by atoms with E-state index >= 15 is 0 Å². The summed E-state index contributed by atoms with van der Waals surface area (Å²) in [4.78, 5) is 17.3. The molecule has 0 saturated heterocycles. The molecule has 2 aromatic heterocycles. The van der Waals surface area contributed by atoms with E-state index in [0.29, 0.717) is 29.2 Å². The second-order valence-electron chi connectivity index (χ2n) is 7.11. The number of furan rings is 1. The first-order chi connectivity index (χ1) is 14.4. The number of benzene rings is 1. The Bertz CT molecular complexity index is 1120. The number of alkyl halides is 3. The summed E-state index contributed by atoms with van der Waals surface area (Å²) >= 11 is 0. The molecule has 1 aromatic carbocycles. The number of carbonyl (C=O) groups excluding carboxylic acids is 1. The maximum absolute atomic E-state index is 13.1. The van der Waals surface area contributed by atoms with Gasteiger partial charge in [0.1, 0.15) is 23.9 Å². The Labute approximate surface area is 168 Å². The van der Waals surface area contributed by atoms with Crippen LogP contribution in [0.3, 0.4) is 0 Å². The molecule has 2 atom stereocenters. The lowest BCUT2D eigenvalue weighted by molar-refractivity contribution is -0.274. The van der Waals surface area contributed by atoms with E-state index in [1.165, 1.54) is 30.6 Å². The van der Waals surface area contributed by atoms with Crippen molar-refractivity contribution in [3.8, 4) is 5.75 Å². The van der Waals surface area contributed by atoms with Crippen LogP contribution < -0.4 is 10.1 Å². The van der Waals surface area contributed by atoms with Crippen molar-refractivity contribution < 1.29 is 27.1 Å². The molecular formula is C20H15F3N4O3. The Kier molecular flexibility index (Phi) is 4.16. The number of nitrogens with zero attached hydrogens (tertiary/aromatic N) is 3. The van der Waals surface area contributed by atoms with Crippen molar-refractivity contribution in [2.24, 2.45) is 0 Å². The van der Waals surface area contributed by atoms with Gasteiger partial charge in [-0.3, -0.25) is 4.79 Å². The zero-order chi connectivity index (χ0) is 20.9. The second-order valence-corrected chi connectivity index (χ2v) is 7.11. The Morgan fingerprint density at radius 2 is 1.97 bits per heavy atom. The van der Waals surface area contributed by atoms with Crippen LogP contribution in [-0.2, 0) is 4.79 Å². The summed E-state index contributed by atoms with van der Waals surface area (Å²) in [5.41, 5.74) is 1.85. The molecule has 3 heterocycles. The minimum Gasteiger partial charge on any atom is -0.469 e. The predicted molar refractivity (Wildman–Crippen MR) is 97.6 cm³/mol. The van der Waals surface area contributed by atoms with Crippen LogP contribution in [0.25, 0.3) is 0 Å². The van der Waals surface area contributed by atoms with Crippen molar-refractivity contribution in [2.45, 2.75) is 31.2 Å². The molecule has 2 aliphatic rings. The van der Waals surface area contributed by atoms with Crippen LogP contribution in [0.1, 0.15) is 36.1 Å². The maximum atomic E-state index is 13.1. The Hall–Kier alpha value is -3.56. The van der Waals surface area contributed by atoms with Crippen molar-refractivity contribution in [1.29, 1.82) is 0 Å². The average molecular weight is 416 g/mol. The molecule has 0 bridgehead atoms. The van der Waals surface area contributed by atoms with E-state index < -0.39 is 12.4 Å². The fourth-order valence-electron chi connectivity index (χ4n) is 4.04. The molecular weight excluding hydrogens is 401 g/mol. The monoisotopic (exact) mass is 416 g/mol. The molecule has 0 spiro atoms. The molecule has 1 N–H and O–H groups in total. The van der Waals surface area contributed by atoms with Gasteiger partial charge in [0.25, 0.3) is 0 Å². The maximum Gasteiger partial charge on any atom is 0.573 e. The highest BCUT2D eigenvalue weighted by Crippen LogP contribution is 2.44. The van der Waals surface area contributed by atoms with Crippen molar-refractivity contribution in [3.63, 3.8) is 0 Å². The first-order valence-electron chi connectivity index (χ1n) is 9.21. The third-order valence-corrected chi connectivity index (χ3v) is 5.24. The van der Waals surface area contributed by atoms with Gasteiger partial charge in [-0.25, -0.2) is 4.68 Å². The highest BCUT2D eigenvalue weighted by Gasteiger charge is 2.40. The number of allylic oxidation sites excluding steroid dienone is 2. The molecule has 1 aliphatic carbocycles. The van der Waals surface area contributed by atoms with E-state index in [1.807, 2.05) is 6.07 Å². The van der Waals surface area contributed by atoms with Gasteiger partial charge in [-0.1, -0.05) is 12.1 Å². The summed E-state index contributed by atoms with van der Waals surface area (Å²) in [6, 6.07) is 8.47. The fraction of sp³-hybridized carbons (Fsp3) is 0.250. The Morgan fingerprint density at radius 1 is 1.17 bits per heavy atom. The standard InChI is InChI=1S/C20H15F3N4O3/c21-20(22,23)30-13-5-3-11(4-6-13)18-17-14(26-19-24-10-25-27(18)19)8-12(9-15(17)28)16-2-1-7-29-16/h1-7,10,12,18H,8-9H2,(H,24,25,26)/t12-,18-/m0/s1. The smallest absolute Gasteiger partial charge is 0.469 e. The number of aromatic nitrogens is 3. The number of hydrogen-bond acceptors (Lipinski definition) is 6. The number of hydrogen-bond donors (Lipinski definition) is 1. The largest absolute Gasteiger partial charge is 0.573 e. The number of rotatable bonds is 3. The molecule has 3 aromatic rings. The Morgan fingerprint density at radius 3 is 2.67 bits per heavy atom. The quantitative estimate of drug-likeness (QED) is 0.690. The number of Topliss-reactive ketones (excluding diaryl/α,β-unsaturated/α-hetero) is 1. The molecule has 0 unspecified atom stereocenters. The number of ketones is 1. The van der Waals surface area contributed by atoms with E-state index in [2.05, 4.69) is 20.1 Å². The van der Waals surface area contributed by atoms with Crippen LogP contribution in [0.2, 0.25) is 0 Å². The second kappa shape index (κ2) is 6.75. The molecule has 10 heteroatoms. The highest BCUT2D eigenvalue weighted by molar-refractivity contribution is 6.00. The predicted octanol–water partition coefficient (Wildman–Crippen LogP) is 4.19. The van der Waals surface area contributed by atoms with E-state index in [4.69, 9.17) is 4.42 Å². The van der Waals surface area contributed by atoms with Gasteiger partial charge in [0, 0.05) is 23.6 Å². The number of halogens is 3. The van der Waals surface area contributed by atoms with Gasteiger partial charge in [0.05, 0.1) is 6.26 Å². The van der Waals surface area contributed by atoms with Crippen molar-refractivity contribution in [1.82, 2.24) is 14.8 Å². The summed E-state index contributed by atoms with van der Waals surface area (Å²) < 4.78 is 48.4. The third-order valence-electron chi connectivity index (χ3n) is 5.24. The molecule has 30 heavy (non-hydrogen) atoms. The van der Waals surface area contributed by atoms with Crippen LogP contribution in [0.4, 0.5) is 19.1 Å². The lowest BCUT2D eigenvalue weighted by atomic mass is 9.79. The summed E-state index contributed by atoms with van der Waals surface area (Å²) in [6.45, 7) is 0. The van der Waals surface area contributed by atoms with Gasteiger partial charge in [-0.05, 0) is 36.2 Å². The summed E-state index contributed by atoms with van der Waals surface area (Å²) in [5, 5.41) is 7.39. The van der Waals surface area contributed by atoms with Crippen molar-refractivity contribution in [2.75, 3.05) is 5.32 Å². The number of carbonyl (C=O) groups is 1. The normalized spacial score (nSPS) is 21.1. The minimum absolute atomic E-state index is 0.0769. The summed E-state index contributed by atoms with van der Waals surface area (Å²) in [7, 11) is 0. The topological polar surface area (TPSA) is 82.2 Å². The zero-order valence-electron chi connectivity index (χ0n) is 15.4.